The second kappa shape index (κ2) is 9.43. The molecule has 3 aromatic rings. The van der Waals surface area contributed by atoms with Gasteiger partial charge < -0.3 is 19.4 Å². The predicted molar refractivity (Wildman–Crippen MR) is 116 cm³/mol. The maximum atomic E-state index is 12.7. The van der Waals surface area contributed by atoms with E-state index in [1.807, 2.05) is 60.3 Å². The fourth-order valence-electron chi connectivity index (χ4n) is 2.94. The summed E-state index contributed by atoms with van der Waals surface area (Å²) in [6.07, 6.45) is 6.77. The molecule has 150 valence electrons. The molecule has 3 rings (SSSR count). The molecule has 1 aromatic heterocycles. The zero-order valence-corrected chi connectivity index (χ0v) is 18.0. The van der Waals surface area contributed by atoms with Gasteiger partial charge >= 0.3 is 0 Å². The van der Waals surface area contributed by atoms with Gasteiger partial charge in [0.25, 0.3) is 0 Å². The number of carbonyl (C=O) groups excluding carboxylic acids is 1. The highest BCUT2D eigenvalue weighted by molar-refractivity contribution is 9.10. The fourth-order valence-corrected chi connectivity index (χ4v) is 3.32. The molecule has 0 radical (unpaired) electrons. The molecule has 0 saturated heterocycles. The van der Waals surface area contributed by atoms with Gasteiger partial charge in [-0.1, -0.05) is 28.1 Å². The Kier molecular flexibility index (Phi) is 6.72. The molecule has 29 heavy (non-hydrogen) atoms. The molecular weight excluding hydrogens is 434 g/mol. The summed E-state index contributed by atoms with van der Waals surface area (Å²) in [7, 11) is 5.11. The summed E-state index contributed by atoms with van der Waals surface area (Å²) in [5.74, 6) is 1.93. The number of nitrogens with one attached hydrogen (secondary N) is 1. The smallest absolute Gasteiger partial charge is 0.244 e. The van der Waals surface area contributed by atoms with Gasteiger partial charge in [0.05, 0.1) is 14.2 Å². The van der Waals surface area contributed by atoms with Gasteiger partial charge in [-0.3, -0.25) is 4.79 Å². The Morgan fingerprint density at radius 2 is 1.93 bits per heavy atom. The molecule has 1 unspecified atom stereocenters. The summed E-state index contributed by atoms with van der Waals surface area (Å²) < 4.78 is 13.4. The van der Waals surface area contributed by atoms with Gasteiger partial charge in [-0.05, 0) is 42.0 Å². The van der Waals surface area contributed by atoms with E-state index in [-0.39, 0.29) is 5.91 Å². The number of hydrogen-bond acceptors (Lipinski definition) is 4. The monoisotopic (exact) mass is 455 g/mol. The molecule has 1 N–H and O–H groups in total. The van der Waals surface area contributed by atoms with Gasteiger partial charge in [-0.25, -0.2) is 4.98 Å². The van der Waals surface area contributed by atoms with Crippen molar-refractivity contribution in [1.82, 2.24) is 14.9 Å². The third kappa shape index (κ3) is 5.06. The second-order valence-electron chi connectivity index (χ2n) is 6.33. The molecule has 7 heteroatoms. The van der Waals surface area contributed by atoms with Crippen molar-refractivity contribution < 1.29 is 14.3 Å². The number of hydrogen-bond donors (Lipinski definition) is 1. The van der Waals surface area contributed by atoms with Crippen LogP contribution in [0.25, 0.3) is 6.08 Å². The van der Waals surface area contributed by atoms with Crippen LogP contribution in [0.2, 0.25) is 0 Å². The quantitative estimate of drug-likeness (QED) is 0.544. The number of imidazole rings is 1. The molecular formula is C22H22BrN3O3. The molecule has 0 saturated carbocycles. The van der Waals surface area contributed by atoms with Crippen LogP contribution in [0.4, 0.5) is 0 Å². The number of ether oxygens (including phenoxy) is 2. The number of rotatable bonds is 7. The molecule has 2 aromatic carbocycles. The van der Waals surface area contributed by atoms with Crippen molar-refractivity contribution in [2.75, 3.05) is 14.2 Å². The van der Waals surface area contributed by atoms with E-state index in [0.29, 0.717) is 5.75 Å². The number of nitrogens with zero attached hydrogens (tertiary/aromatic N) is 2. The number of amides is 1. The minimum Gasteiger partial charge on any atom is -0.497 e. The normalized spacial score (nSPS) is 12.0. The van der Waals surface area contributed by atoms with E-state index >= 15 is 0 Å². The lowest BCUT2D eigenvalue weighted by molar-refractivity contribution is -0.117. The molecule has 1 atom stereocenters. The Morgan fingerprint density at radius 3 is 2.55 bits per heavy atom. The van der Waals surface area contributed by atoms with Crippen LogP contribution in [-0.4, -0.2) is 29.7 Å². The van der Waals surface area contributed by atoms with Crippen LogP contribution < -0.4 is 14.8 Å². The second-order valence-corrected chi connectivity index (χ2v) is 7.25. The van der Waals surface area contributed by atoms with E-state index in [4.69, 9.17) is 9.47 Å². The number of aryl methyl sites for hydroxylation is 1. The number of aromatic nitrogens is 2. The van der Waals surface area contributed by atoms with Crippen LogP contribution in [0.3, 0.4) is 0 Å². The standard InChI is InChI=1S/C22H22BrN3O3/c1-26-13-12-24-22(26)21(15-4-8-18(28-2)9-5-15)25-20(27)11-6-16-14-17(23)7-10-19(16)29-3/h4-14,21H,1-3H3,(H,25,27)/b11-6+. The Bertz CT molecular complexity index is 1010. The van der Waals surface area contributed by atoms with Gasteiger partial charge in [0.1, 0.15) is 23.4 Å². The van der Waals surface area contributed by atoms with Crippen molar-refractivity contribution in [1.29, 1.82) is 0 Å². The van der Waals surface area contributed by atoms with Gasteiger partial charge in [0, 0.05) is 35.6 Å². The molecule has 0 bridgehead atoms. The molecule has 6 nitrogen and oxygen atoms in total. The highest BCUT2D eigenvalue weighted by atomic mass is 79.9. The van der Waals surface area contributed by atoms with Crippen molar-refractivity contribution in [3.8, 4) is 11.5 Å². The lowest BCUT2D eigenvalue weighted by Crippen LogP contribution is -2.29. The van der Waals surface area contributed by atoms with Gasteiger partial charge in [-0.2, -0.15) is 0 Å². The fraction of sp³-hybridized carbons (Fsp3) is 0.182. The number of methoxy groups -OCH3 is 2. The first-order valence-electron chi connectivity index (χ1n) is 8.95. The lowest BCUT2D eigenvalue weighted by atomic mass is 10.1. The first-order valence-corrected chi connectivity index (χ1v) is 9.74. The van der Waals surface area contributed by atoms with Crippen LogP contribution in [0.5, 0.6) is 11.5 Å². The van der Waals surface area contributed by atoms with Crippen LogP contribution in [0.1, 0.15) is 23.0 Å². The molecule has 0 aliphatic carbocycles. The van der Waals surface area contributed by atoms with Gasteiger partial charge in [0.15, 0.2) is 0 Å². The third-order valence-corrected chi connectivity index (χ3v) is 4.95. The number of carbonyl (C=O) groups is 1. The minimum atomic E-state index is -0.400. The summed E-state index contributed by atoms with van der Waals surface area (Å²) in [6, 6.07) is 12.8. The molecule has 1 heterocycles. The summed E-state index contributed by atoms with van der Waals surface area (Å²) in [4.78, 5) is 17.1. The Balaban J connectivity index is 1.85. The highest BCUT2D eigenvalue weighted by Gasteiger charge is 2.20. The molecule has 1 amide bonds. The van der Waals surface area contributed by atoms with E-state index in [2.05, 4.69) is 26.2 Å². The van der Waals surface area contributed by atoms with E-state index in [0.717, 1.165) is 27.2 Å². The van der Waals surface area contributed by atoms with Crippen molar-refractivity contribution in [3.63, 3.8) is 0 Å². The number of halogens is 1. The maximum Gasteiger partial charge on any atom is 0.244 e. The average Bonchev–Trinajstić information content (AvgIpc) is 3.16. The first kappa shape index (κ1) is 20.7. The molecule has 0 aliphatic heterocycles. The Morgan fingerprint density at radius 1 is 1.17 bits per heavy atom. The molecule has 0 spiro atoms. The van der Waals surface area contributed by atoms with E-state index in [9.17, 15) is 4.79 Å². The van der Waals surface area contributed by atoms with Crippen molar-refractivity contribution in [2.45, 2.75) is 6.04 Å². The van der Waals surface area contributed by atoms with Crippen molar-refractivity contribution >= 4 is 27.9 Å². The average molecular weight is 456 g/mol. The van der Waals surface area contributed by atoms with E-state index in [1.54, 1.807) is 26.5 Å². The minimum absolute atomic E-state index is 0.240. The maximum absolute atomic E-state index is 12.7. The van der Waals surface area contributed by atoms with Gasteiger partial charge in [0.2, 0.25) is 5.91 Å². The third-order valence-electron chi connectivity index (χ3n) is 4.46. The topological polar surface area (TPSA) is 65.4 Å². The van der Waals surface area contributed by atoms with E-state index in [1.165, 1.54) is 6.08 Å². The van der Waals surface area contributed by atoms with Crippen LogP contribution in [0.15, 0.2) is 65.4 Å². The molecule has 0 aliphatic rings. The summed E-state index contributed by atoms with van der Waals surface area (Å²) in [5.41, 5.74) is 1.71. The molecule has 0 fully saturated rings. The lowest BCUT2D eigenvalue weighted by Gasteiger charge is -2.18. The van der Waals surface area contributed by atoms with Crippen molar-refractivity contribution in [2.24, 2.45) is 7.05 Å². The predicted octanol–water partition coefficient (Wildman–Crippen LogP) is 4.12. The first-order chi connectivity index (χ1) is 14.0. The van der Waals surface area contributed by atoms with E-state index < -0.39 is 6.04 Å². The summed E-state index contributed by atoms with van der Waals surface area (Å²) in [6.45, 7) is 0. The van der Waals surface area contributed by atoms with Crippen molar-refractivity contribution in [3.05, 3.63) is 82.4 Å². The Labute approximate surface area is 178 Å². The van der Waals surface area contributed by atoms with Gasteiger partial charge in [-0.15, -0.1) is 0 Å². The summed E-state index contributed by atoms with van der Waals surface area (Å²) >= 11 is 3.44. The Hall–Kier alpha value is -3.06. The van der Waals surface area contributed by atoms with Crippen LogP contribution in [0, 0.1) is 0 Å². The zero-order valence-electron chi connectivity index (χ0n) is 16.4. The summed E-state index contributed by atoms with van der Waals surface area (Å²) in [5, 5.41) is 3.03. The SMILES string of the molecule is COc1ccc(C(NC(=O)/C=C/c2cc(Br)ccc2OC)c2nccn2C)cc1. The number of benzene rings is 2. The van der Waals surface area contributed by atoms with Crippen LogP contribution >= 0.6 is 15.9 Å². The highest BCUT2D eigenvalue weighted by Crippen LogP contribution is 2.25. The van der Waals surface area contributed by atoms with Crippen LogP contribution in [-0.2, 0) is 11.8 Å². The zero-order chi connectivity index (χ0) is 20.8. The largest absolute Gasteiger partial charge is 0.497 e.